The normalized spacial score (nSPS) is 12.7. The number of hydrogen-bond donors (Lipinski definition) is 0. The third kappa shape index (κ3) is 4.86. The van der Waals surface area contributed by atoms with Crippen LogP contribution >= 0.6 is 0 Å². The number of pyridine rings is 1. The highest BCUT2D eigenvalue weighted by molar-refractivity contribution is 7.83. The van der Waals surface area contributed by atoms with E-state index in [0.717, 1.165) is 11.1 Å². The van der Waals surface area contributed by atoms with Crippen LogP contribution < -0.4 is 5.49 Å². The van der Waals surface area contributed by atoms with E-state index in [1.54, 1.807) is 24.5 Å². The van der Waals surface area contributed by atoms with E-state index in [0.29, 0.717) is 23.3 Å². The van der Waals surface area contributed by atoms with Crippen LogP contribution in [0.5, 0.6) is 0 Å². The molecule has 3 aromatic rings. The molecule has 0 aliphatic heterocycles. The fourth-order valence-corrected chi connectivity index (χ4v) is 3.33. The Labute approximate surface area is 155 Å². The summed E-state index contributed by atoms with van der Waals surface area (Å²) < 4.78 is 13.3. The van der Waals surface area contributed by atoms with Gasteiger partial charge in [-0.15, -0.1) is 0 Å². The van der Waals surface area contributed by atoms with Gasteiger partial charge < -0.3 is 4.57 Å². The number of carbonyl (C=O) groups is 1. The molecular formula is C21H20N2O2S. The summed E-state index contributed by atoms with van der Waals surface area (Å²) in [5, 5.41) is 0. The fourth-order valence-electron chi connectivity index (χ4n) is 2.68. The van der Waals surface area contributed by atoms with E-state index >= 15 is 0 Å². The van der Waals surface area contributed by atoms with Crippen LogP contribution in [0.3, 0.4) is 0 Å². The Morgan fingerprint density at radius 1 is 0.962 bits per heavy atom. The lowest BCUT2D eigenvalue weighted by Gasteiger charge is -2.07. The van der Waals surface area contributed by atoms with Gasteiger partial charge in [-0.05, 0) is 35.4 Å². The van der Waals surface area contributed by atoms with Crippen molar-refractivity contribution in [1.82, 2.24) is 4.57 Å². The van der Waals surface area contributed by atoms with Gasteiger partial charge in [0, 0.05) is 41.1 Å². The van der Waals surface area contributed by atoms with E-state index < -0.39 is 10.8 Å². The van der Waals surface area contributed by atoms with E-state index in [1.807, 2.05) is 65.4 Å². The molecular weight excluding hydrogens is 344 g/mol. The molecule has 1 heterocycles. The maximum absolute atomic E-state index is 12.6. The zero-order valence-corrected chi connectivity index (χ0v) is 15.4. The molecule has 1 unspecified atom stereocenters. The molecule has 0 saturated heterocycles. The van der Waals surface area contributed by atoms with Gasteiger partial charge >= 0.3 is 0 Å². The van der Waals surface area contributed by atoms with Crippen molar-refractivity contribution in [2.24, 2.45) is 4.99 Å². The van der Waals surface area contributed by atoms with Crippen molar-refractivity contribution >= 4 is 16.7 Å². The highest BCUT2D eigenvalue weighted by Crippen LogP contribution is 2.08. The Balaban J connectivity index is 1.90. The summed E-state index contributed by atoms with van der Waals surface area (Å²) in [5.41, 5.74) is 3.12. The first kappa shape index (κ1) is 18.0. The van der Waals surface area contributed by atoms with E-state index in [9.17, 15) is 9.00 Å². The number of amides is 1. The Hall–Kier alpha value is -2.79. The molecule has 0 aliphatic rings. The molecule has 0 aliphatic carbocycles. The smallest absolute Gasteiger partial charge is 0.278 e. The highest BCUT2D eigenvalue weighted by Gasteiger charge is 2.06. The molecule has 132 valence electrons. The van der Waals surface area contributed by atoms with Crippen molar-refractivity contribution in [3.8, 4) is 0 Å². The monoisotopic (exact) mass is 364 g/mol. The lowest BCUT2D eigenvalue weighted by molar-refractivity contribution is 0.0997. The van der Waals surface area contributed by atoms with Gasteiger partial charge in [-0.3, -0.25) is 9.00 Å². The zero-order valence-electron chi connectivity index (χ0n) is 14.5. The molecule has 26 heavy (non-hydrogen) atoms. The molecule has 1 amide bonds. The summed E-state index contributed by atoms with van der Waals surface area (Å²) in [7, 11) is -0.948. The Kier molecular flexibility index (Phi) is 5.92. The first-order valence-electron chi connectivity index (χ1n) is 8.29. The second-order valence-electron chi connectivity index (χ2n) is 6.01. The van der Waals surface area contributed by atoms with Crippen molar-refractivity contribution in [1.29, 1.82) is 0 Å². The minimum atomic E-state index is -0.948. The van der Waals surface area contributed by atoms with Gasteiger partial charge in [-0.25, -0.2) is 0 Å². The summed E-state index contributed by atoms with van der Waals surface area (Å²) in [6.07, 6.45) is 3.56. The predicted octanol–water partition coefficient (Wildman–Crippen LogP) is 3.16. The number of carbonyl (C=O) groups excluding carboxylic acids is 1. The van der Waals surface area contributed by atoms with Crippen molar-refractivity contribution in [3.63, 3.8) is 0 Å². The summed E-state index contributed by atoms with van der Waals surface area (Å²) in [5.74, 6) is 0.127. The SMILES string of the molecule is CS(=O)Cc1cccc(C(=O)N=c2ccccn2Cc2ccccc2)c1. The summed E-state index contributed by atoms with van der Waals surface area (Å²) in [4.78, 5) is 16.9. The average molecular weight is 364 g/mol. The fraction of sp³-hybridized carbons (Fsp3) is 0.143. The number of nitrogens with zero attached hydrogens (tertiary/aromatic N) is 2. The highest BCUT2D eigenvalue weighted by atomic mass is 32.2. The molecule has 1 aromatic heterocycles. The van der Waals surface area contributed by atoms with Crippen LogP contribution in [0.25, 0.3) is 0 Å². The third-order valence-corrected chi connectivity index (χ3v) is 4.61. The van der Waals surface area contributed by atoms with Crippen molar-refractivity contribution < 1.29 is 9.00 Å². The topological polar surface area (TPSA) is 51.4 Å². The molecule has 2 aromatic carbocycles. The molecule has 0 bridgehead atoms. The van der Waals surface area contributed by atoms with Crippen LogP contribution in [0.15, 0.2) is 84.0 Å². The quantitative estimate of drug-likeness (QED) is 0.698. The van der Waals surface area contributed by atoms with E-state index in [4.69, 9.17) is 0 Å². The first-order chi connectivity index (χ1) is 12.6. The van der Waals surface area contributed by atoms with Gasteiger partial charge in [0.05, 0.1) is 0 Å². The van der Waals surface area contributed by atoms with Crippen LogP contribution in [0.2, 0.25) is 0 Å². The summed E-state index contributed by atoms with van der Waals surface area (Å²) in [6, 6.07) is 22.8. The zero-order chi connectivity index (χ0) is 18.4. The van der Waals surface area contributed by atoms with Crippen LogP contribution in [0.4, 0.5) is 0 Å². The molecule has 0 N–H and O–H groups in total. The maximum atomic E-state index is 12.6. The van der Waals surface area contributed by atoms with Gasteiger partial charge in [0.2, 0.25) is 0 Å². The molecule has 0 fully saturated rings. The number of rotatable bonds is 5. The molecule has 4 nitrogen and oxygen atoms in total. The van der Waals surface area contributed by atoms with Gasteiger partial charge in [0.15, 0.2) is 0 Å². The lowest BCUT2D eigenvalue weighted by atomic mass is 10.1. The molecule has 5 heteroatoms. The molecule has 1 atom stereocenters. The predicted molar refractivity (Wildman–Crippen MR) is 104 cm³/mol. The summed E-state index contributed by atoms with van der Waals surface area (Å²) >= 11 is 0. The number of hydrogen-bond acceptors (Lipinski definition) is 2. The van der Waals surface area contributed by atoms with Crippen LogP contribution in [-0.4, -0.2) is 20.9 Å². The minimum absolute atomic E-state index is 0.304. The van der Waals surface area contributed by atoms with Gasteiger partial charge in [-0.1, -0.05) is 48.5 Å². The molecule has 0 radical (unpaired) electrons. The van der Waals surface area contributed by atoms with Gasteiger partial charge in [0.1, 0.15) is 5.49 Å². The number of aromatic nitrogens is 1. The lowest BCUT2D eigenvalue weighted by Crippen LogP contribution is -2.22. The van der Waals surface area contributed by atoms with Crippen molar-refractivity contribution in [2.45, 2.75) is 12.3 Å². The Morgan fingerprint density at radius 3 is 2.46 bits per heavy atom. The Bertz CT molecular complexity index is 994. The molecule has 0 saturated carbocycles. The Morgan fingerprint density at radius 2 is 1.69 bits per heavy atom. The maximum Gasteiger partial charge on any atom is 0.278 e. The molecule has 0 spiro atoms. The minimum Gasteiger partial charge on any atom is -0.328 e. The van der Waals surface area contributed by atoms with Crippen LogP contribution in [-0.2, 0) is 23.1 Å². The van der Waals surface area contributed by atoms with Gasteiger partial charge in [0.25, 0.3) is 5.91 Å². The average Bonchev–Trinajstić information content (AvgIpc) is 2.64. The standard InChI is InChI=1S/C21H20N2O2S/c1-26(25)16-18-10-7-11-19(14-18)21(24)22-20-12-5-6-13-23(20)15-17-8-3-2-4-9-17/h2-14H,15-16H2,1H3. The number of benzene rings is 2. The third-order valence-electron chi connectivity index (χ3n) is 3.87. The molecule has 3 rings (SSSR count). The van der Waals surface area contributed by atoms with Crippen LogP contribution in [0.1, 0.15) is 21.5 Å². The summed E-state index contributed by atoms with van der Waals surface area (Å²) in [6.45, 7) is 0.642. The van der Waals surface area contributed by atoms with Crippen molar-refractivity contribution in [2.75, 3.05) is 6.26 Å². The van der Waals surface area contributed by atoms with Gasteiger partial charge in [-0.2, -0.15) is 4.99 Å². The van der Waals surface area contributed by atoms with E-state index in [1.165, 1.54) is 0 Å². The second-order valence-corrected chi connectivity index (χ2v) is 7.44. The van der Waals surface area contributed by atoms with Crippen LogP contribution in [0, 0.1) is 0 Å². The van der Waals surface area contributed by atoms with Crippen molar-refractivity contribution in [3.05, 3.63) is 101 Å². The van der Waals surface area contributed by atoms with E-state index in [2.05, 4.69) is 4.99 Å². The second kappa shape index (κ2) is 8.54. The largest absolute Gasteiger partial charge is 0.328 e. The first-order valence-corrected chi connectivity index (χ1v) is 10.0. The van der Waals surface area contributed by atoms with E-state index in [-0.39, 0.29) is 5.91 Å².